The van der Waals surface area contributed by atoms with Gasteiger partial charge in [-0.2, -0.15) is 13.2 Å². The molecule has 0 unspecified atom stereocenters. The maximum Gasteiger partial charge on any atom is 0.419 e. The standard InChI is InChI=1S/C15H9ClF4N2/c1-8-21-11-7-6-9(16)13(15(18,19)20)14(11)22(8)12-5-3-2-4-10(12)17/h2-7H,1H3. The molecule has 3 aromatic rings. The zero-order valence-corrected chi connectivity index (χ0v) is 12.0. The molecule has 0 amide bonds. The normalized spacial score (nSPS) is 12.1. The van der Waals surface area contributed by atoms with Gasteiger partial charge in [-0.3, -0.25) is 4.57 Å². The monoisotopic (exact) mass is 328 g/mol. The molecule has 22 heavy (non-hydrogen) atoms. The summed E-state index contributed by atoms with van der Waals surface area (Å²) >= 11 is 5.74. The molecule has 1 aromatic heterocycles. The molecule has 3 rings (SSSR count). The maximum atomic E-state index is 14.0. The average Bonchev–Trinajstić information content (AvgIpc) is 2.74. The van der Waals surface area contributed by atoms with Crippen molar-refractivity contribution >= 4 is 22.6 Å². The topological polar surface area (TPSA) is 17.8 Å². The van der Waals surface area contributed by atoms with Gasteiger partial charge in [-0.15, -0.1) is 0 Å². The summed E-state index contributed by atoms with van der Waals surface area (Å²) in [4.78, 5) is 4.08. The molecule has 0 fully saturated rings. The largest absolute Gasteiger partial charge is 0.419 e. The third-order valence-electron chi connectivity index (χ3n) is 3.31. The van der Waals surface area contributed by atoms with E-state index in [2.05, 4.69) is 4.98 Å². The van der Waals surface area contributed by atoms with Gasteiger partial charge >= 0.3 is 6.18 Å². The van der Waals surface area contributed by atoms with Gasteiger partial charge in [0.25, 0.3) is 0 Å². The number of benzene rings is 2. The Balaban J connectivity index is 2.49. The number of rotatable bonds is 1. The van der Waals surface area contributed by atoms with Crippen molar-refractivity contribution in [3.63, 3.8) is 0 Å². The minimum atomic E-state index is -4.67. The SMILES string of the molecule is Cc1nc2ccc(Cl)c(C(F)(F)F)c2n1-c1ccccc1F. The number of aryl methyl sites for hydroxylation is 1. The van der Waals surface area contributed by atoms with Crippen LogP contribution >= 0.6 is 11.6 Å². The number of alkyl halides is 3. The first-order chi connectivity index (χ1) is 10.3. The molecule has 0 bridgehead atoms. The first-order valence-electron chi connectivity index (χ1n) is 6.30. The summed E-state index contributed by atoms with van der Waals surface area (Å²) in [5, 5.41) is -0.447. The van der Waals surface area contributed by atoms with E-state index in [9.17, 15) is 17.6 Å². The smallest absolute Gasteiger partial charge is 0.293 e. The van der Waals surface area contributed by atoms with E-state index in [1.165, 1.54) is 31.2 Å². The lowest BCUT2D eigenvalue weighted by molar-refractivity contribution is -0.136. The number of hydrogen-bond donors (Lipinski definition) is 0. The first-order valence-corrected chi connectivity index (χ1v) is 6.68. The molecular weight excluding hydrogens is 320 g/mol. The Labute approximate surface area is 128 Å². The number of para-hydroxylation sites is 1. The Kier molecular flexibility index (Phi) is 3.36. The molecule has 2 nitrogen and oxygen atoms in total. The van der Waals surface area contributed by atoms with Crippen molar-refractivity contribution in [3.8, 4) is 5.69 Å². The second-order valence-corrected chi connectivity index (χ2v) is 5.14. The van der Waals surface area contributed by atoms with Crippen molar-refractivity contribution in [1.82, 2.24) is 9.55 Å². The van der Waals surface area contributed by atoms with E-state index in [4.69, 9.17) is 11.6 Å². The minimum Gasteiger partial charge on any atom is -0.293 e. The first kappa shape index (κ1) is 14.8. The highest BCUT2D eigenvalue weighted by atomic mass is 35.5. The van der Waals surface area contributed by atoms with Crippen LogP contribution in [-0.2, 0) is 6.18 Å². The van der Waals surface area contributed by atoms with Crippen molar-refractivity contribution in [2.24, 2.45) is 0 Å². The molecular formula is C15H9ClF4N2. The average molecular weight is 329 g/mol. The molecule has 0 spiro atoms. The predicted octanol–water partition coefficient (Wildman–Crippen LogP) is 5.15. The van der Waals surface area contributed by atoms with Crippen molar-refractivity contribution in [3.05, 3.63) is 58.6 Å². The highest BCUT2D eigenvalue weighted by Crippen LogP contribution is 2.40. The van der Waals surface area contributed by atoms with Crippen LogP contribution in [0.15, 0.2) is 36.4 Å². The van der Waals surface area contributed by atoms with Crippen LogP contribution in [-0.4, -0.2) is 9.55 Å². The summed E-state index contributed by atoms with van der Waals surface area (Å²) in [6, 6.07) is 8.11. The predicted molar refractivity (Wildman–Crippen MR) is 75.8 cm³/mol. The van der Waals surface area contributed by atoms with E-state index in [0.29, 0.717) is 0 Å². The molecule has 1 heterocycles. The number of imidazole rings is 1. The fourth-order valence-electron chi connectivity index (χ4n) is 2.46. The summed E-state index contributed by atoms with van der Waals surface area (Å²) in [6.07, 6.45) is -4.67. The van der Waals surface area contributed by atoms with Gasteiger partial charge in [0, 0.05) is 0 Å². The van der Waals surface area contributed by atoms with Crippen molar-refractivity contribution < 1.29 is 17.6 Å². The number of fused-ring (bicyclic) bond motifs is 1. The lowest BCUT2D eigenvalue weighted by Gasteiger charge is -2.14. The van der Waals surface area contributed by atoms with Crippen molar-refractivity contribution in [1.29, 1.82) is 0 Å². The number of hydrogen-bond acceptors (Lipinski definition) is 1. The molecule has 0 aliphatic rings. The third-order valence-corrected chi connectivity index (χ3v) is 3.63. The molecule has 0 saturated heterocycles. The summed E-state index contributed by atoms with van der Waals surface area (Å²) in [6.45, 7) is 1.51. The Bertz CT molecular complexity index is 868. The van der Waals surface area contributed by atoms with Crippen LogP contribution in [0.1, 0.15) is 11.4 Å². The molecule has 0 saturated carbocycles. The van der Waals surface area contributed by atoms with Gasteiger partial charge in [0.15, 0.2) is 0 Å². The zero-order chi connectivity index (χ0) is 16.1. The maximum absolute atomic E-state index is 14.0. The van der Waals surface area contributed by atoms with E-state index in [1.807, 2.05) is 0 Å². The van der Waals surface area contributed by atoms with Crippen molar-refractivity contribution in [2.75, 3.05) is 0 Å². The van der Waals surface area contributed by atoms with Gasteiger partial charge in [-0.1, -0.05) is 23.7 Å². The number of halogens is 5. The van der Waals surface area contributed by atoms with Gasteiger partial charge in [0.2, 0.25) is 0 Å². The van der Waals surface area contributed by atoms with Crippen LogP contribution in [0.25, 0.3) is 16.7 Å². The van der Waals surface area contributed by atoms with Crippen LogP contribution in [0, 0.1) is 12.7 Å². The van der Waals surface area contributed by atoms with E-state index >= 15 is 0 Å². The lowest BCUT2D eigenvalue weighted by Crippen LogP contribution is -2.10. The minimum absolute atomic E-state index is 0.00438. The van der Waals surface area contributed by atoms with Gasteiger partial charge < -0.3 is 0 Å². The van der Waals surface area contributed by atoms with Crippen LogP contribution in [0.3, 0.4) is 0 Å². The van der Waals surface area contributed by atoms with Crippen molar-refractivity contribution in [2.45, 2.75) is 13.1 Å². The Morgan fingerprint density at radius 1 is 1.09 bits per heavy atom. The highest BCUT2D eigenvalue weighted by molar-refractivity contribution is 6.32. The van der Waals surface area contributed by atoms with Crippen LogP contribution in [0.5, 0.6) is 0 Å². The third kappa shape index (κ3) is 2.23. The van der Waals surface area contributed by atoms with E-state index in [0.717, 1.165) is 10.6 Å². The summed E-state index contributed by atoms with van der Waals surface area (Å²) in [5.74, 6) is -0.397. The highest BCUT2D eigenvalue weighted by Gasteiger charge is 2.37. The van der Waals surface area contributed by atoms with E-state index < -0.39 is 22.6 Å². The van der Waals surface area contributed by atoms with Crippen LogP contribution in [0.2, 0.25) is 5.02 Å². The zero-order valence-electron chi connectivity index (χ0n) is 11.2. The second-order valence-electron chi connectivity index (χ2n) is 4.73. The molecule has 7 heteroatoms. The molecule has 0 aliphatic carbocycles. The van der Waals surface area contributed by atoms with Gasteiger partial charge in [0.1, 0.15) is 17.2 Å². The Hall–Kier alpha value is -2.08. The molecule has 0 radical (unpaired) electrons. The molecule has 0 N–H and O–H groups in total. The summed E-state index contributed by atoms with van der Waals surface area (Å²) in [7, 11) is 0. The molecule has 0 atom stereocenters. The summed E-state index contributed by atoms with van der Waals surface area (Å²) < 4.78 is 55.3. The van der Waals surface area contributed by atoms with Gasteiger partial charge in [0.05, 0.1) is 21.7 Å². The van der Waals surface area contributed by atoms with Gasteiger partial charge in [-0.05, 0) is 31.2 Å². The van der Waals surface area contributed by atoms with E-state index in [-0.39, 0.29) is 22.5 Å². The fraction of sp³-hybridized carbons (Fsp3) is 0.133. The Morgan fingerprint density at radius 2 is 1.77 bits per heavy atom. The number of nitrogens with zero attached hydrogens (tertiary/aromatic N) is 2. The number of aromatic nitrogens is 2. The lowest BCUT2D eigenvalue weighted by atomic mass is 10.1. The fourth-order valence-corrected chi connectivity index (χ4v) is 2.72. The second kappa shape index (κ2) is 4.98. The molecule has 114 valence electrons. The molecule has 0 aliphatic heterocycles. The van der Waals surface area contributed by atoms with E-state index in [1.54, 1.807) is 6.07 Å². The van der Waals surface area contributed by atoms with Gasteiger partial charge in [-0.25, -0.2) is 9.37 Å². The quantitative estimate of drug-likeness (QED) is 0.565. The van der Waals surface area contributed by atoms with Crippen LogP contribution < -0.4 is 0 Å². The van der Waals surface area contributed by atoms with Crippen LogP contribution in [0.4, 0.5) is 17.6 Å². The Morgan fingerprint density at radius 3 is 2.41 bits per heavy atom. The summed E-state index contributed by atoms with van der Waals surface area (Å²) in [5.41, 5.74) is -1.16. The molecule has 2 aromatic carbocycles.